The quantitative estimate of drug-likeness (QED) is 0.365. The first-order valence-corrected chi connectivity index (χ1v) is 3.73. The highest BCUT2D eigenvalue weighted by Crippen LogP contribution is 2.51. The SMILES string of the molecule is C=C[C@]1(OC)O[C@]1(C=C)C(=O)OC. The van der Waals surface area contributed by atoms with Gasteiger partial charge in [-0.3, -0.25) is 0 Å². The fraction of sp³-hybridized carbons (Fsp3) is 0.444. The van der Waals surface area contributed by atoms with E-state index in [1.807, 2.05) is 0 Å². The second kappa shape index (κ2) is 2.97. The first-order chi connectivity index (χ1) is 6.12. The predicted octanol–water partition coefficient (Wildman–Crippen LogP) is 0.643. The molecular formula is C9H12O4. The molecule has 0 aromatic carbocycles. The Bertz CT molecular complexity index is 260. The Morgan fingerprint density at radius 2 is 2.00 bits per heavy atom. The van der Waals surface area contributed by atoms with Gasteiger partial charge in [0.2, 0.25) is 11.4 Å². The zero-order chi connectivity index (χ0) is 10.1. The molecule has 1 aliphatic heterocycles. The highest BCUT2D eigenvalue weighted by Gasteiger charge is 2.74. The monoisotopic (exact) mass is 184 g/mol. The van der Waals surface area contributed by atoms with Crippen LogP contribution in [-0.4, -0.2) is 31.6 Å². The molecule has 0 unspecified atom stereocenters. The number of rotatable bonds is 4. The van der Waals surface area contributed by atoms with Crippen LogP contribution in [0.3, 0.4) is 0 Å². The van der Waals surface area contributed by atoms with Gasteiger partial charge in [-0.2, -0.15) is 0 Å². The Morgan fingerprint density at radius 3 is 2.23 bits per heavy atom. The van der Waals surface area contributed by atoms with Crippen LogP contribution < -0.4 is 0 Å². The fourth-order valence-corrected chi connectivity index (χ4v) is 1.29. The van der Waals surface area contributed by atoms with E-state index >= 15 is 0 Å². The van der Waals surface area contributed by atoms with Gasteiger partial charge in [0, 0.05) is 7.11 Å². The molecule has 4 nitrogen and oxygen atoms in total. The van der Waals surface area contributed by atoms with Crippen molar-refractivity contribution < 1.29 is 19.0 Å². The summed E-state index contributed by atoms with van der Waals surface area (Å²) in [6, 6.07) is 0. The summed E-state index contributed by atoms with van der Waals surface area (Å²) in [6.07, 6.45) is 2.76. The molecule has 1 saturated heterocycles. The van der Waals surface area contributed by atoms with E-state index in [9.17, 15) is 4.79 Å². The van der Waals surface area contributed by atoms with Crippen LogP contribution in [0.5, 0.6) is 0 Å². The zero-order valence-electron chi connectivity index (χ0n) is 7.70. The summed E-state index contributed by atoms with van der Waals surface area (Å²) in [4.78, 5) is 11.3. The molecule has 1 heterocycles. The van der Waals surface area contributed by atoms with Gasteiger partial charge in [-0.1, -0.05) is 13.2 Å². The molecule has 0 radical (unpaired) electrons. The molecule has 13 heavy (non-hydrogen) atoms. The summed E-state index contributed by atoms with van der Waals surface area (Å²) in [5.41, 5.74) is -1.22. The molecule has 0 bridgehead atoms. The Morgan fingerprint density at radius 1 is 1.38 bits per heavy atom. The lowest BCUT2D eigenvalue weighted by Gasteiger charge is -2.09. The summed E-state index contributed by atoms with van der Waals surface area (Å²) >= 11 is 0. The molecule has 72 valence electrons. The Labute approximate surface area is 76.8 Å². The maximum atomic E-state index is 11.3. The smallest absolute Gasteiger partial charge is 0.348 e. The lowest BCUT2D eigenvalue weighted by Crippen LogP contribution is -2.33. The van der Waals surface area contributed by atoms with Crippen molar-refractivity contribution in [3.63, 3.8) is 0 Å². The number of carbonyl (C=O) groups is 1. The molecule has 1 rings (SSSR count). The van der Waals surface area contributed by atoms with Crippen LogP contribution in [0.15, 0.2) is 25.3 Å². The van der Waals surface area contributed by atoms with Crippen molar-refractivity contribution in [1.82, 2.24) is 0 Å². The zero-order valence-corrected chi connectivity index (χ0v) is 7.70. The molecule has 0 saturated carbocycles. The molecule has 0 amide bonds. The Hall–Kier alpha value is -1.13. The van der Waals surface area contributed by atoms with Gasteiger partial charge in [-0.25, -0.2) is 4.79 Å². The van der Waals surface area contributed by atoms with E-state index in [4.69, 9.17) is 9.47 Å². The molecular weight excluding hydrogens is 172 g/mol. The largest absolute Gasteiger partial charge is 0.466 e. The maximum Gasteiger partial charge on any atom is 0.348 e. The molecule has 0 aliphatic carbocycles. The second-order valence-corrected chi connectivity index (χ2v) is 2.61. The standard InChI is InChI=1S/C9H12O4/c1-5-8(7(10)11-3)9(6-2,12-4)13-8/h5-6H,1-2H2,3-4H3/t8-,9+/m1/s1. The number of hydrogen-bond acceptors (Lipinski definition) is 4. The molecule has 0 aromatic heterocycles. The van der Waals surface area contributed by atoms with Crippen molar-refractivity contribution in [1.29, 1.82) is 0 Å². The van der Waals surface area contributed by atoms with Gasteiger partial charge < -0.3 is 14.2 Å². The summed E-state index contributed by atoms with van der Waals surface area (Å²) in [5.74, 6) is -1.65. The van der Waals surface area contributed by atoms with Crippen molar-refractivity contribution >= 4 is 5.97 Å². The van der Waals surface area contributed by atoms with Crippen LogP contribution in [-0.2, 0) is 19.0 Å². The molecule has 1 aliphatic rings. The molecule has 0 spiro atoms. The lowest BCUT2D eigenvalue weighted by molar-refractivity contribution is -0.145. The van der Waals surface area contributed by atoms with Gasteiger partial charge in [-0.15, -0.1) is 0 Å². The second-order valence-electron chi connectivity index (χ2n) is 2.61. The number of carbonyl (C=O) groups excluding carboxylic acids is 1. The summed E-state index contributed by atoms with van der Waals surface area (Å²) in [6.45, 7) is 7.02. The number of ether oxygens (including phenoxy) is 3. The molecule has 2 atom stereocenters. The average molecular weight is 184 g/mol. The summed E-state index contributed by atoms with van der Waals surface area (Å²) in [5, 5.41) is 0. The highest BCUT2D eigenvalue weighted by atomic mass is 16.8. The van der Waals surface area contributed by atoms with Gasteiger partial charge in [-0.05, 0) is 12.2 Å². The minimum atomic E-state index is -1.22. The molecule has 0 N–H and O–H groups in total. The van der Waals surface area contributed by atoms with Crippen molar-refractivity contribution in [3.8, 4) is 0 Å². The van der Waals surface area contributed by atoms with Crippen molar-refractivity contribution in [2.45, 2.75) is 11.4 Å². The van der Waals surface area contributed by atoms with Gasteiger partial charge in [0.1, 0.15) is 0 Å². The van der Waals surface area contributed by atoms with Crippen molar-refractivity contribution in [2.75, 3.05) is 14.2 Å². The van der Waals surface area contributed by atoms with E-state index in [0.29, 0.717) is 0 Å². The first kappa shape index (κ1) is 9.95. The summed E-state index contributed by atoms with van der Waals surface area (Å²) in [7, 11) is 2.70. The van der Waals surface area contributed by atoms with E-state index in [-0.39, 0.29) is 0 Å². The fourth-order valence-electron chi connectivity index (χ4n) is 1.29. The lowest BCUT2D eigenvalue weighted by atomic mass is 10.0. The van der Waals surface area contributed by atoms with Crippen molar-refractivity contribution in [3.05, 3.63) is 25.3 Å². The minimum absolute atomic E-state index is 0.538. The Kier molecular flexibility index (Phi) is 2.28. The van der Waals surface area contributed by atoms with E-state index in [1.54, 1.807) is 0 Å². The minimum Gasteiger partial charge on any atom is -0.466 e. The van der Waals surface area contributed by atoms with Crippen LogP contribution in [0.4, 0.5) is 0 Å². The van der Waals surface area contributed by atoms with Gasteiger partial charge >= 0.3 is 5.97 Å². The Balaban J connectivity index is 2.96. The van der Waals surface area contributed by atoms with Crippen LogP contribution in [0, 0.1) is 0 Å². The maximum absolute atomic E-state index is 11.3. The van der Waals surface area contributed by atoms with E-state index < -0.39 is 17.4 Å². The van der Waals surface area contributed by atoms with Gasteiger partial charge in [0.05, 0.1) is 7.11 Å². The highest BCUT2D eigenvalue weighted by molar-refractivity contribution is 5.87. The molecule has 4 heteroatoms. The molecule has 0 aromatic rings. The van der Waals surface area contributed by atoms with Crippen LogP contribution >= 0.6 is 0 Å². The third-order valence-electron chi connectivity index (χ3n) is 2.14. The van der Waals surface area contributed by atoms with Gasteiger partial charge in [0.25, 0.3) is 0 Å². The topological polar surface area (TPSA) is 48.1 Å². The number of epoxide rings is 1. The third kappa shape index (κ3) is 1.03. The summed E-state index contributed by atoms with van der Waals surface area (Å²) < 4.78 is 14.7. The van der Waals surface area contributed by atoms with Crippen molar-refractivity contribution in [2.24, 2.45) is 0 Å². The normalized spacial score (nSPS) is 36.5. The number of esters is 1. The van der Waals surface area contributed by atoms with E-state index in [1.165, 1.54) is 26.4 Å². The van der Waals surface area contributed by atoms with E-state index in [2.05, 4.69) is 17.9 Å². The van der Waals surface area contributed by atoms with Crippen LogP contribution in [0.2, 0.25) is 0 Å². The third-order valence-corrected chi connectivity index (χ3v) is 2.14. The van der Waals surface area contributed by atoms with E-state index in [0.717, 1.165) is 0 Å². The predicted molar refractivity (Wildman–Crippen MR) is 46.0 cm³/mol. The number of hydrogen-bond donors (Lipinski definition) is 0. The average Bonchev–Trinajstić information content (AvgIpc) is 2.87. The van der Waals surface area contributed by atoms with Gasteiger partial charge in [0.15, 0.2) is 0 Å². The van der Waals surface area contributed by atoms with Crippen LogP contribution in [0.1, 0.15) is 0 Å². The first-order valence-electron chi connectivity index (χ1n) is 3.73. The number of methoxy groups -OCH3 is 2. The van der Waals surface area contributed by atoms with Crippen LogP contribution in [0.25, 0.3) is 0 Å². The molecule has 1 fully saturated rings.